The third-order valence-electron chi connectivity index (χ3n) is 3.27. The van der Waals surface area contributed by atoms with E-state index in [9.17, 15) is 8.78 Å². The van der Waals surface area contributed by atoms with Gasteiger partial charge in [-0.15, -0.1) is 0 Å². The molecule has 112 valence electrons. The Balaban J connectivity index is 2.52. The second-order valence-corrected chi connectivity index (χ2v) is 6.05. The molecule has 0 aliphatic carbocycles. The van der Waals surface area contributed by atoms with E-state index in [1.54, 1.807) is 25.1 Å². The summed E-state index contributed by atoms with van der Waals surface area (Å²) < 4.78 is 27.4. The predicted molar refractivity (Wildman–Crippen MR) is 85.8 cm³/mol. The molecule has 1 atom stereocenters. The summed E-state index contributed by atoms with van der Waals surface area (Å²) in [6, 6.07) is 7.62. The van der Waals surface area contributed by atoms with Gasteiger partial charge >= 0.3 is 0 Å². The van der Waals surface area contributed by atoms with Crippen molar-refractivity contribution < 1.29 is 8.78 Å². The van der Waals surface area contributed by atoms with Gasteiger partial charge in [-0.25, -0.2) is 8.78 Å². The summed E-state index contributed by atoms with van der Waals surface area (Å²) in [7, 11) is 0. The van der Waals surface area contributed by atoms with Crippen LogP contribution < -0.4 is 5.32 Å². The molecular formula is C16H15BrClF2N. The first kappa shape index (κ1) is 16.4. The number of hydrogen-bond donors (Lipinski definition) is 1. The molecule has 0 amide bonds. The van der Waals surface area contributed by atoms with Crippen molar-refractivity contribution in [3.63, 3.8) is 0 Å². The van der Waals surface area contributed by atoms with Crippen LogP contribution in [0.4, 0.5) is 8.78 Å². The van der Waals surface area contributed by atoms with E-state index in [2.05, 4.69) is 21.2 Å². The Hall–Kier alpha value is -0.970. The van der Waals surface area contributed by atoms with E-state index in [0.29, 0.717) is 21.6 Å². The van der Waals surface area contributed by atoms with Crippen LogP contribution in [0.2, 0.25) is 5.02 Å². The monoisotopic (exact) mass is 373 g/mol. The summed E-state index contributed by atoms with van der Waals surface area (Å²) in [5.41, 5.74) is 2.16. The van der Waals surface area contributed by atoms with Gasteiger partial charge in [0, 0.05) is 5.02 Å². The summed E-state index contributed by atoms with van der Waals surface area (Å²) in [6.07, 6.45) is 0. The zero-order valence-electron chi connectivity index (χ0n) is 11.7. The Morgan fingerprint density at radius 3 is 2.52 bits per heavy atom. The maximum absolute atomic E-state index is 13.6. The highest BCUT2D eigenvalue weighted by atomic mass is 79.9. The van der Waals surface area contributed by atoms with Gasteiger partial charge in [-0.3, -0.25) is 0 Å². The Kier molecular flexibility index (Phi) is 5.36. The quantitative estimate of drug-likeness (QED) is 0.757. The van der Waals surface area contributed by atoms with Crippen molar-refractivity contribution in [3.8, 4) is 0 Å². The molecule has 1 unspecified atom stereocenters. The van der Waals surface area contributed by atoms with Crippen molar-refractivity contribution in [2.45, 2.75) is 19.9 Å². The molecule has 0 radical (unpaired) electrons. The molecule has 2 rings (SSSR count). The first-order valence-electron chi connectivity index (χ1n) is 6.58. The van der Waals surface area contributed by atoms with E-state index in [-0.39, 0.29) is 17.7 Å². The molecule has 0 aromatic heterocycles. The largest absolute Gasteiger partial charge is 0.306 e. The first-order valence-corrected chi connectivity index (χ1v) is 7.75. The topological polar surface area (TPSA) is 12.0 Å². The molecular weight excluding hydrogens is 360 g/mol. The van der Waals surface area contributed by atoms with Crippen molar-refractivity contribution in [1.82, 2.24) is 5.32 Å². The van der Waals surface area contributed by atoms with Gasteiger partial charge in [-0.05, 0) is 70.4 Å². The average Bonchev–Trinajstić information content (AvgIpc) is 2.44. The third-order valence-corrected chi connectivity index (χ3v) is 4.21. The van der Waals surface area contributed by atoms with Crippen LogP contribution in [0.5, 0.6) is 0 Å². The smallest absolute Gasteiger partial charge is 0.137 e. The Bertz CT molecular complexity index is 661. The normalized spacial score (nSPS) is 12.5. The van der Waals surface area contributed by atoms with Gasteiger partial charge in [0.05, 0.1) is 10.5 Å². The van der Waals surface area contributed by atoms with Gasteiger partial charge < -0.3 is 5.32 Å². The van der Waals surface area contributed by atoms with Crippen LogP contribution in [-0.4, -0.2) is 6.54 Å². The van der Waals surface area contributed by atoms with Gasteiger partial charge in [-0.1, -0.05) is 24.6 Å². The number of benzene rings is 2. The number of rotatable bonds is 4. The minimum atomic E-state index is -0.334. The molecule has 0 spiro atoms. The maximum atomic E-state index is 13.6. The molecule has 0 saturated heterocycles. The standard InChI is InChI=1S/C16H15BrClF2N/c1-3-21-16(10-4-5-14(19)12(17)7-10)11-6-9(2)15(20)8-13(11)18/h4-8,16,21H,3H2,1-2H3. The fourth-order valence-corrected chi connectivity index (χ4v) is 2.86. The summed E-state index contributed by atoms with van der Waals surface area (Å²) in [5, 5.41) is 3.65. The van der Waals surface area contributed by atoms with Crippen LogP contribution in [-0.2, 0) is 0 Å². The van der Waals surface area contributed by atoms with E-state index < -0.39 is 0 Å². The number of hydrogen-bond acceptors (Lipinski definition) is 1. The highest BCUT2D eigenvalue weighted by Gasteiger charge is 2.18. The van der Waals surface area contributed by atoms with Crippen molar-refractivity contribution in [1.29, 1.82) is 0 Å². The Morgan fingerprint density at radius 2 is 1.90 bits per heavy atom. The molecule has 5 heteroatoms. The van der Waals surface area contributed by atoms with Crippen LogP contribution in [0, 0.1) is 18.6 Å². The van der Waals surface area contributed by atoms with Crippen molar-refractivity contribution >= 4 is 27.5 Å². The van der Waals surface area contributed by atoms with Crippen LogP contribution in [0.1, 0.15) is 29.7 Å². The van der Waals surface area contributed by atoms with Crippen LogP contribution in [0.3, 0.4) is 0 Å². The molecule has 2 aromatic carbocycles. The van der Waals surface area contributed by atoms with Gasteiger partial charge in [0.1, 0.15) is 11.6 Å². The molecule has 1 nitrogen and oxygen atoms in total. The van der Waals surface area contributed by atoms with Crippen LogP contribution in [0.25, 0.3) is 0 Å². The summed E-state index contributed by atoms with van der Waals surface area (Å²) in [4.78, 5) is 0. The lowest BCUT2D eigenvalue weighted by atomic mass is 9.97. The summed E-state index contributed by atoms with van der Waals surface area (Å²) >= 11 is 9.37. The molecule has 0 saturated carbocycles. The predicted octanol–water partition coefficient (Wildman–Crippen LogP) is 5.39. The van der Waals surface area contributed by atoms with Crippen molar-refractivity contribution in [2.75, 3.05) is 6.54 Å². The average molecular weight is 375 g/mol. The minimum Gasteiger partial charge on any atom is -0.306 e. The molecule has 0 heterocycles. The Labute approximate surface area is 136 Å². The molecule has 0 bridgehead atoms. The lowest BCUT2D eigenvalue weighted by molar-refractivity contribution is 0.601. The zero-order chi connectivity index (χ0) is 15.6. The minimum absolute atomic E-state index is 0.223. The molecule has 2 aromatic rings. The highest BCUT2D eigenvalue weighted by Crippen LogP contribution is 2.32. The van der Waals surface area contributed by atoms with E-state index in [1.165, 1.54) is 12.1 Å². The highest BCUT2D eigenvalue weighted by molar-refractivity contribution is 9.10. The third kappa shape index (κ3) is 3.62. The van der Waals surface area contributed by atoms with E-state index in [0.717, 1.165) is 11.1 Å². The summed E-state index contributed by atoms with van der Waals surface area (Å²) in [6.45, 7) is 4.36. The summed E-state index contributed by atoms with van der Waals surface area (Å²) in [5.74, 6) is -0.658. The second kappa shape index (κ2) is 6.86. The lowest BCUT2D eigenvalue weighted by Gasteiger charge is -2.21. The van der Waals surface area contributed by atoms with E-state index in [4.69, 9.17) is 11.6 Å². The molecule has 0 fully saturated rings. The Morgan fingerprint density at radius 1 is 1.19 bits per heavy atom. The number of halogens is 4. The lowest BCUT2D eigenvalue weighted by Crippen LogP contribution is -2.22. The number of nitrogens with one attached hydrogen (secondary N) is 1. The van der Waals surface area contributed by atoms with E-state index in [1.807, 2.05) is 6.92 Å². The van der Waals surface area contributed by atoms with Crippen LogP contribution in [0.15, 0.2) is 34.8 Å². The fourth-order valence-electron chi connectivity index (χ4n) is 2.20. The SMILES string of the molecule is CCNC(c1ccc(F)c(Br)c1)c1cc(C)c(F)cc1Cl. The van der Waals surface area contributed by atoms with E-state index >= 15 is 0 Å². The molecule has 21 heavy (non-hydrogen) atoms. The van der Waals surface area contributed by atoms with Gasteiger partial charge in [0.2, 0.25) is 0 Å². The zero-order valence-corrected chi connectivity index (χ0v) is 14.0. The second-order valence-electron chi connectivity index (χ2n) is 4.79. The van der Waals surface area contributed by atoms with Gasteiger partial charge in [-0.2, -0.15) is 0 Å². The van der Waals surface area contributed by atoms with Crippen molar-refractivity contribution in [2.24, 2.45) is 0 Å². The molecule has 0 aliphatic heterocycles. The molecule has 0 aliphatic rings. The first-order chi connectivity index (χ1) is 9.93. The molecule has 1 N–H and O–H groups in total. The van der Waals surface area contributed by atoms with Gasteiger partial charge in [0.15, 0.2) is 0 Å². The number of aryl methyl sites for hydroxylation is 1. The fraction of sp³-hybridized carbons (Fsp3) is 0.250. The van der Waals surface area contributed by atoms with Gasteiger partial charge in [0.25, 0.3) is 0 Å². The van der Waals surface area contributed by atoms with Crippen LogP contribution >= 0.6 is 27.5 Å². The van der Waals surface area contributed by atoms with Crippen molar-refractivity contribution in [3.05, 3.63) is 68.2 Å². The maximum Gasteiger partial charge on any atom is 0.137 e.